The Bertz CT molecular complexity index is 371. The average molecular weight is 243 g/mol. The van der Waals surface area contributed by atoms with E-state index in [0.29, 0.717) is 4.90 Å². The third-order valence-electron chi connectivity index (χ3n) is 2.84. The third-order valence-corrected chi connectivity index (χ3v) is 2.84. The van der Waals surface area contributed by atoms with Gasteiger partial charge in [-0.25, -0.2) is 14.5 Å². The van der Waals surface area contributed by atoms with Crippen LogP contribution in [0, 0.1) is 5.41 Å². The summed E-state index contributed by atoms with van der Waals surface area (Å²) < 4.78 is 0. The molecular formula is C11H17NO5. The Balaban J connectivity index is 3.20. The van der Waals surface area contributed by atoms with Crippen molar-refractivity contribution in [2.75, 3.05) is 0 Å². The highest BCUT2D eigenvalue weighted by molar-refractivity contribution is 6.00. The number of amides is 2. The zero-order chi connectivity index (χ0) is 13.4. The van der Waals surface area contributed by atoms with Crippen molar-refractivity contribution in [1.29, 1.82) is 0 Å². The number of hydrogen-bond acceptors (Lipinski definition) is 3. The molecular weight excluding hydrogens is 226 g/mol. The maximum atomic E-state index is 11.5. The van der Waals surface area contributed by atoms with E-state index in [1.807, 2.05) is 20.8 Å². The molecule has 1 unspecified atom stereocenters. The van der Waals surface area contributed by atoms with E-state index >= 15 is 0 Å². The topological polar surface area (TPSA) is 94.9 Å². The van der Waals surface area contributed by atoms with Gasteiger partial charge in [0.25, 0.3) is 0 Å². The number of imide groups is 1. The van der Waals surface area contributed by atoms with Crippen LogP contribution in [0.15, 0.2) is 0 Å². The lowest BCUT2D eigenvalue weighted by atomic mass is 9.78. The fourth-order valence-corrected chi connectivity index (χ4v) is 2.39. The van der Waals surface area contributed by atoms with E-state index in [-0.39, 0.29) is 24.7 Å². The first kappa shape index (κ1) is 13.5. The molecule has 2 N–H and O–H groups in total. The summed E-state index contributed by atoms with van der Waals surface area (Å²) in [4.78, 5) is 34.5. The van der Waals surface area contributed by atoms with Gasteiger partial charge in [-0.15, -0.1) is 0 Å². The van der Waals surface area contributed by atoms with Gasteiger partial charge in [0.1, 0.15) is 0 Å². The van der Waals surface area contributed by atoms with Gasteiger partial charge in [-0.2, -0.15) is 0 Å². The van der Waals surface area contributed by atoms with Crippen LogP contribution in [0.3, 0.4) is 0 Å². The zero-order valence-electron chi connectivity index (χ0n) is 10.2. The maximum Gasteiger partial charge on any atom is 0.415 e. The van der Waals surface area contributed by atoms with E-state index < -0.39 is 23.5 Å². The number of likely N-dealkylation sites (tertiary alicyclic amines) is 1. The van der Waals surface area contributed by atoms with E-state index in [4.69, 9.17) is 5.11 Å². The van der Waals surface area contributed by atoms with E-state index in [1.54, 1.807) is 0 Å². The van der Waals surface area contributed by atoms with Crippen molar-refractivity contribution in [2.24, 2.45) is 5.41 Å². The average Bonchev–Trinajstić information content (AvgIpc) is 2.41. The summed E-state index contributed by atoms with van der Waals surface area (Å²) >= 11 is 0. The molecule has 6 nitrogen and oxygen atoms in total. The van der Waals surface area contributed by atoms with Crippen LogP contribution in [0.4, 0.5) is 4.79 Å². The Morgan fingerprint density at radius 1 is 1.35 bits per heavy atom. The van der Waals surface area contributed by atoms with Crippen LogP contribution in [0.2, 0.25) is 0 Å². The van der Waals surface area contributed by atoms with Crippen LogP contribution >= 0.6 is 0 Å². The van der Waals surface area contributed by atoms with E-state index in [2.05, 4.69) is 0 Å². The number of carboxylic acids is 1. The second-order valence-corrected chi connectivity index (χ2v) is 5.59. The van der Waals surface area contributed by atoms with E-state index in [9.17, 15) is 19.5 Å². The quantitative estimate of drug-likeness (QED) is 0.767. The highest BCUT2D eigenvalue weighted by Gasteiger charge is 2.56. The molecule has 96 valence electrons. The van der Waals surface area contributed by atoms with Crippen LogP contribution in [0.25, 0.3) is 0 Å². The minimum atomic E-state index is -1.61. The van der Waals surface area contributed by atoms with Gasteiger partial charge in [0.15, 0.2) is 5.54 Å². The number of nitrogens with zero attached hydrogens (tertiary/aromatic N) is 1. The van der Waals surface area contributed by atoms with Crippen molar-refractivity contribution in [1.82, 2.24) is 4.90 Å². The van der Waals surface area contributed by atoms with Crippen LogP contribution in [-0.4, -0.2) is 38.6 Å². The zero-order valence-corrected chi connectivity index (χ0v) is 10.2. The predicted molar refractivity (Wildman–Crippen MR) is 58.5 cm³/mol. The number of hydrogen-bond donors (Lipinski definition) is 2. The lowest BCUT2D eigenvalue weighted by molar-refractivity contribution is -0.154. The van der Waals surface area contributed by atoms with Crippen molar-refractivity contribution >= 4 is 18.0 Å². The molecule has 0 aromatic heterocycles. The number of carboxylic acid groups (broad SMARTS) is 2. The molecule has 6 heteroatoms. The summed E-state index contributed by atoms with van der Waals surface area (Å²) in [5.74, 6) is -1.88. The summed E-state index contributed by atoms with van der Waals surface area (Å²) in [6.45, 7) is 5.46. The molecule has 1 aliphatic rings. The Morgan fingerprint density at radius 3 is 2.24 bits per heavy atom. The molecule has 1 aliphatic heterocycles. The summed E-state index contributed by atoms with van der Waals surface area (Å²) in [7, 11) is 0. The normalized spacial score (nSPS) is 25.1. The molecule has 1 rings (SSSR count). The highest BCUT2D eigenvalue weighted by Crippen LogP contribution is 2.40. The smallest absolute Gasteiger partial charge is 0.415 e. The second kappa shape index (κ2) is 4.01. The monoisotopic (exact) mass is 243 g/mol. The lowest BCUT2D eigenvalue weighted by Crippen LogP contribution is -2.55. The standard InChI is InChI=1S/C11H17NO5/c1-10(2,3)6-11(8(14)15)5-4-7(13)12(11)9(16)17/h4-6H2,1-3H3,(H,14,15)(H,16,17). The Morgan fingerprint density at radius 2 is 1.88 bits per heavy atom. The SMILES string of the molecule is CC(C)(C)CC1(C(=O)O)CCC(=O)N1C(=O)O. The second-order valence-electron chi connectivity index (χ2n) is 5.59. The fraction of sp³-hybridized carbons (Fsp3) is 0.727. The number of carbonyl (C=O) groups is 3. The molecule has 0 aromatic carbocycles. The first-order chi connectivity index (χ1) is 7.60. The Kier molecular flexibility index (Phi) is 3.18. The van der Waals surface area contributed by atoms with Crippen molar-refractivity contribution in [3.8, 4) is 0 Å². The summed E-state index contributed by atoms with van der Waals surface area (Å²) in [5, 5.41) is 18.3. The van der Waals surface area contributed by atoms with Gasteiger partial charge in [0.2, 0.25) is 5.91 Å². The van der Waals surface area contributed by atoms with Gasteiger partial charge in [-0.3, -0.25) is 4.79 Å². The minimum Gasteiger partial charge on any atom is -0.479 e. The van der Waals surface area contributed by atoms with Gasteiger partial charge in [0, 0.05) is 6.42 Å². The number of carbonyl (C=O) groups excluding carboxylic acids is 1. The van der Waals surface area contributed by atoms with Crippen LogP contribution < -0.4 is 0 Å². The minimum absolute atomic E-state index is 0.0331. The summed E-state index contributed by atoms with van der Waals surface area (Å²) in [5.41, 5.74) is -1.99. The van der Waals surface area contributed by atoms with E-state index in [0.717, 1.165) is 0 Å². The summed E-state index contributed by atoms with van der Waals surface area (Å²) in [6, 6.07) is 0. The molecule has 0 saturated carbocycles. The molecule has 0 spiro atoms. The molecule has 2 amide bonds. The predicted octanol–water partition coefficient (Wildman–Crippen LogP) is 1.55. The van der Waals surface area contributed by atoms with Crippen molar-refractivity contribution in [2.45, 2.75) is 45.6 Å². The first-order valence-corrected chi connectivity index (χ1v) is 5.39. The molecule has 17 heavy (non-hydrogen) atoms. The molecule has 1 atom stereocenters. The maximum absolute atomic E-state index is 11.5. The van der Waals surface area contributed by atoms with Crippen molar-refractivity contribution in [3.63, 3.8) is 0 Å². The van der Waals surface area contributed by atoms with Gasteiger partial charge in [0.05, 0.1) is 0 Å². The highest BCUT2D eigenvalue weighted by atomic mass is 16.4. The molecule has 0 bridgehead atoms. The Labute approximate surface area is 99.2 Å². The van der Waals surface area contributed by atoms with Crippen LogP contribution in [-0.2, 0) is 9.59 Å². The van der Waals surface area contributed by atoms with Crippen LogP contribution in [0.1, 0.15) is 40.0 Å². The summed E-state index contributed by atoms with van der Waals surface area (Å²) in [6.07, 6.45) is -1.36. The first-order valence-electron chi connectivity index (χ1n) is 5.39. The number of aliphatic carboxylic acids is 1. The number of rotatable bonds is 2. The van der Waals surface area contributed by atoms with Gasteiger partial charge in [-0.1, -0.05) is 20.8 Å². The lowest BCUT2D eigenvalue weighted by Gasteiger charge is -2.36. The molecule has 1 fully saturated rings. The fourth-order valence-electron chi connectivity index (χ4n) is 2.39. The van der Waals surface area contributed by atoms with Crippen molar-refractivity contribution < 1.29 is 24.6 Å². The van der Waals surface area contributed by atoms with Crippen molar-refractivity contribution in [3.05, 3.63) is 0 Å². The van der Waals surface area contributed by atoms with E-state index in [1.165, 1.54) is 0 Å². The largest absolute Gasteiger partial charge is 0.479 e. The van der Waals surface area contributed by atoms with Gasteiger partial charge < -0.3 is 10.2 Å². The molecule has 1 heterocycles. The molecule has 0 aliphatic carbocycles. The Hall–Kier alpha value is -1.59. The van der Waals surface area contributed by atoms with Gasteiger partial charge in [-0.05, 0) is 18.3 Å². The van der Waals surface area contributed by atoms with Crippen LogP contribution in [0.5, 0.6) is 0 Å². The third kappa shape index (κ3) is 2.40. The van der Waals surface area contributed by atoms with Gasteiger partial charge >= 0.3 is 12.1 Å². The molecule has 1 saturated heterocycles. The molecule has 0 radical (unpaired) electrons. The molecule has 0 aromatic rings.